The Morgan fingerprint density at radius 2 is 0.725 bits per heavy atom. The van der Waals surface area contributed by atoms with Gasteiger partial charge in [0.15, 0.2) is 0 Å². The number of ether oxygens (including phenoxy) is 4. The molecule has 10 aromatic carbocycles. The number of carbonyl (C=O) groups is 4. The third kappa shape index (κ3) is 13.2. The second-order valence-electron chi connectivity index (χ2n) is 31.1. The summed E-state index contributed by atoms with van der Waals surface area (Å²) in [7, 11) is 0. The molecule has 0 fully saturated rings. The van der Waals surface area contributed by atoms with Crippen LogP contribution in [-0.4, -0.2) is 63.0 Å². The first-order valence-electron chi connectivity index (χ1n) is 35.3. The molecule has 0 atom stereocenters. The monoisotopic (exact) mass is 1350 g/mol. The van der Waals surface area contributed by atoms with E-state index in [4.69, 9.17) is 18.9 Å². The molecule has 0 saturated heterocycles. The third-order valence-electron chi connectivity index (χ3n) is 19.6. The van der Waals surface area contributed by atoms with Crippen LogP contribution >= 0.6 is 0 Å². The van der Waals surface area contributed by atoms with Gasteiger partial charge in [-0.1, -0.05) is 157 Å². The van der Waals surface area contributed by atoms with Crippen LogP contribution in [0.25, 0.3) is 43.1 Å². The first-order valence-corrected chi connectivity index (χ1v) is 35.3. The highest BCUT2D eigenvalue weighted by molar-refractivity contribution is 6.46. The molecule has 4 heterocycles. The van der Waals surface area contributed by atoms with Crippen molar-refractivity contribution in [1.29, 1.82) is 0 Å². The van der Waals surface area contributed by atoms with Gasteiger partial charge in [0.1, 0.15) is 46.0 Å². The molecule has 0 spiro atoms. The smallest absolute Gasteiger partial charge is 0.266 e. The first-order chi connectivity index (χ1) is 48.7. The maximum atomic E-state index is 16.2. The fraction of sp³-hybridized carbons (Fsp3) is 0.273. The SMILES string of the molecule is CCCCN1C(=O)c2cc(Oc3ccc(C(C)(C)C)cc3)c3c4c(Oc5ccc(C(C)(C)C)cc5)cc5c6c(cc(Oc7ccc(C(C)(C)C)cc7)c(c7c(Oc8ccc(C(C)(C)C)cc8)cc(c2c37)C1=O)c64)C(=O)N(c1ccc(NCCN(Cc2ccccn2)Cc2ccccn2)cc1)C5=O. The van der Waals surface area contributed by atoms with Crippen molar-refractivity contribution >= 4 is 78.1 Å². The van der Waals surface area contributed by atoms with E-state index in [1.165, 1.54) is 9.80 Å². The maximum absolute atomic E-state index is 16.2. The Bertz CT molecular complexity index is 4920. The number of aromatic nitrogens is 2. The number of unbranched alkanes of at least 4 members (excludes halogenated alkanes) is 1. The number of anilines is 2. The van der Waals surface area contributed by atoms with Gasteiger partial charge >= 0.3 is 0 Å². The van der Waals surface area contributed by atoms with Gasteiger partial charge in [0.2, 0.25) is 0 Å². The van der Waals surface area contributed by atoms with Crippen LogP contribution in [-0.2, 0) is 34.7 Å². The number of nitrogens with zero attached hydrogens (tertiary/aromatic N) is 5. The maximum Gasteiger partial charge on any atom is 0.266 e. The van der Waals surface area contributed by atoms with Crippen molar-refractivity contribution in [3.05, 3.63) is 250 Å². The van der Waals surface area contributed by atoms with Gasteiger partial charge in [0, 0.05) is 93.9 Å². The highest BCUT2D eigenvalue weighted by Gasteiger charge is 2.42. The van der Waals surface area contributed by atoms with Crippen LogP contribution in [0.5, 0.6) is 46.0 Å². The minimum absolute atomic E-state index is 0.180. The van der Waals surface area contributed by atoms with Crippen molar-refractivity contribution in [2.75, 3.05) is 29.9 Å². The van der Waals surface area contributed by atoms with E-state index in [-0.39, 0.29) is 73.5 Å². The summed E-state index contributed by atoms with van der Waals surface area (Å²) in [4.78, 5) is 77.7. The lowest BCUT2D eigenvalue weighted by Gasteiger charge is -2.32. The van der Waals surface area contributed by atoms with Crippen LogP contribution < -0.4 is 29.2 Å². The minimum Gasteiger partial charge on any atom is -0.457 e. The molecule has 12 aromatic rings. The summed E-state index contributed by atoms with van der Waals surface area (Å²) in [5.74, 6) is 0.743. The van der Waals surface area contributed by atoms with Crippen molar-refractivity contribution in [3.63, 3.8) is 0 Å². The molecule has 102 heavy (non-hydrogen) atoms. The van der Waals surface area contributed by atoms with Crippen LogP contribution in [0.2, 0.25) is 0 Å². The molecule has 0 aliphatic carbocycles. The van der Waals surface area contributed by atoms with Gasteiger partial charge in [-0.2, -0.15) is 0 Å². The zero-order valence-electron chi connectivity index (χ0n) is 60.4. The topological polar surface area (TPSA) is 153 Å². The summed E-state index contributed by atoms with van der Waals surface area (Å²) in [5.41, 5.74) is 7.44. The van der Waals surface area contributed by atoms with Crippen LogP contribution in [0.4, 0.5) is 11.4 Å². The summed E-state index contributed by atoms with van der Waals surface area (Å²) in [5, 5.41) is 6.96. The van der Waals surface area contributed by atoms with E-state index in [9.17, 15) is 0 Å². The number of amides is 4. The predicted molar refractivity (Wildman–Crippen MR) is 407 cm³/mol. The number of pyridine rings is 2. The average Bonchev–Trinajstić information content (AvgIpc) is 0.672. The third-order valence-corrected chi connectivity index (χ3v) is 19.6. The van der Waals surface area contributed by atoms with Crippen LogP contribution in [0, 0.1) is 0 Å². The van der Waals surface area contributed by atoms with Gasteiger partial charge in [-0.05, 0) is 172 Å². The number of hydrogen-bond acceptors (Lipinski definition) is 12. The second kappa shape index (κ2) is 26.5. The average molecular weight is 1360 g/mol. The molecule has 0 saturated carbocycles. The number of hydrogen-bond donors (Lipinski definition) is 1. The molecule has 1 N–H and O–H groups in total. The van der Waals surface area contributed by atoms with Gasteiger partial charge in [-0.15, -0.1) is 0 Å². The number of rotatable bonds is 20. The Hall–Kier alpha value is -11.0. The van der Waals surface area contributed by atoms with Gasteiger partial charge in [-0.25, -0.2) is 4.90 Å². The number of benzene rings is 10. The molecule has 2 aliphatic heterocycles. The zero-order chi connectivity index (χ0) is 71.7. The lowest BCUT2D eigenvalue weighted by Crippen LogP contribution is -2.41. The molecule has 0 bridgehead atoms. The van der Waals surface area contributed by atoms with Crippen molar-refractivity contribution in [3.8, 4) is 46.0 Å². The van der Waals surface area contributed by atoms with Crippen molar-refractivity contribution < 1.29 is 38.1 Å². The molecular weight excluding hydrogens is 1270 g/mol. The lowest BCUT2D eigenvalue weighted by atomic mass is 9.80. The molecule has 2 aliphatic rings. The number of carbonyl (C=O) groups excluding carboxylic acids is 4. The van der Waals surface area contributed by atoms with Gasteiger partial charge in [-0.3, -0.25) is 38.9 Å². The predicted octanol–water partition coefficient (Wildman–Crippen LogP) is 21.2. The molecule has 4 amide bonds. The zero-order valence-corrected chi connectivity index (χ0v) is 60.4. The summed E-state index contributed by atoms with van der Waals surface area (Å²) < 4.78 is 29.3. The molecular formula is C88H86N6O8. The molecule has 516 valence electrons. The normalized spacial score (nSPS) is 13.5. The van der Waals surface area contributed by atoms with Crippen molar-refractivity contribution in [1.82, 2.24) is 19.8 Å². The second-order valence-corrected chi connectivity index (χ2v) is 31.1. The fourth-order valence-electron chi connectivity index (χ4n) is 14.0. The van der Waals surface area contributed by atoms with E-state index in [0.29, 0.717) is 104 Å². The first kappa shape index (κ1) is 68.2. The Morgan fingerprint density at radius 3 is 1.03 bits per heavy atom. The molecule has 0 unspecified atom stereocenters. The lowest BCUT2D eigenvalue weighted by molar-refractivity contribution is 0.0607. The highest BCUT2D eigenvalue weighted by Crippen LogP contribution is 2.58. The van der Waals surface area contributed by atoms with Crippen LogP contribution in [0.3, 0.4) is 0 Å². The fourth-order valence-corrected chi connectivity index (χ4v) is 14.0. The highest BCUT2D eigenvalue weighted by atomic mass is 16.5. The van der Waals surface area contributed by atoms with E-state index >= 15 is 19.2 Å². The molecule has 0 radical (unpaired) electrons. The summed E-state index contributed by atoms with van der Waals surface area (Å²) in [6.07, 6.45) is 4.91. The van der Waals surface area contributed by atoms with Gasteiger partial charge in [0.25, 0.3) is 23.6 Å². The van der Waals surface area contributed by atoms with E-state index in [1.54, 1.807) is 48.8 Å². The van der Waals surface area contributed by atoms with Gasteiger partial charge < -0.3 is 24.3 Å². The Morgan fingerprint density at radius 1 is 0.392 bits per heavy atom. The summed E-state index contributed by atoms with van der Waals surface area (Å²) in [6, 6.07) is 57.7. The Kier molecular flexibility index (Phi) is 17.7. The van der Waals surface area contributed by atoms with E-state index in [0.717, 1.165) is 45.7 Å². The number of fused-ring (bicyclic) bond motifs is 2. The summed E-state index contributed by atoms with van der Waals surface area (Å²) in [6.45, 7) is 30.5. The van der Waals surface area contributed by atoms with E-state index in [1.807, 2.05) is 153 Å². The Balaban J connectivity index is 1.03. The molecule has 14 rings (SSSR count). The van der Waals surface area contributed by atoms with E-state index in [2.05, 4.69) is 103 Å². The van der Waals surface area contributed by atoms with Crippen LogP contribution in [0.1, 0.15) is 178 Å². The molecule has 2 aromatic heterocycles. The van der Waals surface area contributed by atoms with Gasteiger partial charge in [0.05, 0.1) is 39.3 Å². The minimum atomic E-state index is -0.588. The Labute approximate surface area is 596 Å². The quantitative estimate of drug-likeness (QED) is 0.0439. The molecule has 14 heteroatoms. The van der Waals surface area contributed by atoms with Crippen LogP contribution in [0.15, 0.2) is 194 Å². The molecule has 14 nitrogen and oxygen atoms in total. The summed E-state index contributed by atoms with van der Waals surface area (Å²) >= 11 is 0. The van der Waals surface area contributed by atoms with Crippen molar-refractivity contribution in [2.45, 2.75) is 138 Å². The van der Waals surface area contributed by atoms with E-state index < -0.39 is 23.6 Å². The number of imide groups is 2. The largest absolute Gasteiger partial charge is 0.457 e. The van der Waals surface area contributed by atoms with Crippen molar-refractivity contribution in [2.24, 2.45) is 0 Å². The number of nitrogens with one attached hydrogen (secondary N) is 1. The standard InChI is InChI=1S/C88H86N6O8/c1-14-15-45-93-81(95)65-47-69(99-61-34-22-53(23-35-61)85(2,3)4)75-77-71(101-63-38-26-55(27-39-63)87(8,9)10)49-67-74-68(84(98)94(83(67)97)60-32-30-57(31-33-60)91-44-46-92(51-58-20-16-18-42-89-58)52-59-21-17-19-43-90-59)50-72(102-64-40-28-56(29-41-64)88(11,12)13)78(80(74)77)76-70(48-66(82(93)96)73(65)79(75)76)100-62-36-24-54(25-37-62)86(5,6)7/h16-43,47-50,91H,14-15,44-46,51-52H2,1-13H3.